The van der Waals surface area contributed by atoms with E-state index in [1.807, 2.05) is 13.8 Å². The van der Waals surface area contributed by atoms with Crippen LogP contribution in [0.15, 0.2) is 40.3 Å². The summed E-state index contributed by atoms with van der Waals surface area (Å²) in [5.74, 6) is -0.205. The summed E-state index contributed by atoms with van der Waals surface area (Å²) >= 11 is 0. The summed E-state index contributed by atoms with van der Waals surface area (Å²) in [7, 11) is -2.23. The summed E-state index contributed by atoms with van der Waals surface area (Å²) in [4.78, 5) is 41.6. The van der Waals surface area contributed by atoms with Gasteiger partial charge >= 0.3 is 5.97 Å². The van der Waals surface area contributed by atoms with E-state index >= 15 is 0 Å². The number of nitrogens with one attached hydrogen (secondary N) is 1. The van der Waals surface area contributed by atoms with Gasteiger partial charge in [-0.3, -0.25) is 9.48 Å². The molecule has 3 aromatic heterocycles. The Hall–Kier alpha value is -4.37. The van der Waals surface area contributed by atoms with Gasteiger partial charge in [-0.2, -0.15) is 9.40 Å². The number of aromatic amines is 1. The van der Waals surface area contributed by atoms with Gasteiger partial charge in [0.1, 0.15) is 17.1 Å². The predicted molar refractivity (Wildman–Crippen MR) is 150 cm³/mol. The molecule has 5 rings (SSSR count). The van der Waals surface area contributed by atoms with E-state index in [0.717, 1.165) is 6.42 Å². The molecule has 1 aliphatic rings. The Morgan fingerprint density at radius 3 is 2.46 bits per heavy atom. The second-order valence-electron chi connectivity index (χ2n) is 9.49. The minimum absolute atomic E-state index is 0.0265. The lowest BCUT2D eigenvalue weighted by molar-refractivity contribution is 0.0696. The number of carboxylic acids is 1. The standard InChI is InChI=1S/C26H30N8O6S/c1-4-6-19-21-22(32(3)31-19)24(35)30-23(29-21)18-13-17(7-8-20(18)40-5-2)41(38,39)34-11-9-33(10-12-34)26-27-14-16(15-28-26)25(36)37/h7-8,13-15H,4-6,9-12H2,1-3H3,(H,36,37)(H,29,30,35). The fraction of sp³-hybridized carbons (Fsp3) is 0.385. The maximum atomic E-state index is 13.7. The number of fused-ring (bicyclic) bond motifs is 1. The first-order valence-electron chi connectivity index (χ1n) is 13.2. The van der Waals surface area contributed by atoms with Crippen LogP contribution in [0.5, 0.6) is 5.75 Å². The molecular formula is C26H30N8O6S. The molecule has 1 fully saturated rings. The summed E-state index contributed by atoms with van der Waals surface area (Å²) < 4.78 is 36.0. The lowest BCUT2D eigenvalue weighted by Crippen LogP contribution is -2.49. The van der Waals surface area contributed by atoms with Crippen molar-refractivity contribution in [3.05, 3.63) is 52.2 Å². The SMILES string of the molecule is CCCc1nn(C)c2c(=O)[nH]c(-c3cc(S(=O)(=O)N4CCN(c5ncc(C(=O)O)cn5)CC4)ccc3OCC)nc12. The average Bonchev–Trinajstić information content (AvgIpc) is 3.28. The number of anilines is 1. The number of H-pyrrole nitrogens is 1. The fourth-order valence-electron chi connectivity index (χ4n) is 4.79. The van der Waals surface area contributed by atoms with E-state index in [0.29, 0.717) is 60.1 Å². The van der Waals surface area contributed by atoms with E-state index in [1.165, 1.54) is 33.5 Å². The Balaban J connectivity index is 1.45. The number of hydrogen-bond acceptors (Lipinski definition) is 10. The molecule has 0 spiro atoms. The zero-order valence-corrected chi connectivity index (χ0v) is 23.7. The molecule has 1 saturated heterocycles. The quantitative estimate of drug-likeness (QED) is 0.293. The maximum absolute atomic E-state index is 13.7. The van der Waals surface area contributed by atoms with Crippen molar-refractivity contribution >= 4 is 33.0 Å². The van der Waals surface area contributed by atoms with Crippen molar-refractivity contribution in [1.29, 1.82) is 0 Å². The second-order valence-corrected chi connectivity index (χ2v) is 11.4. The van der Waals surface area contributed by atoms with E-state index in [9.17, 15) is 18.0 Å². The van der Waals surface area contributed by atoms with Crippen molar-refractivity contribution in [2.24, 2.45) is 7.05 Å². The minimum Gasteiger partial charge on any atom is -0.493 e. The topological polar surface area (TPSA) is 176 Å². The van der Waals surface area contributed by atoms with Crippen LogP contribution >= 0.6 is 0 Å². The highest BCUT2D eigenvalue weighted by Crippen LogP contribution is 2.32. The number of carboxylic acid groups (broad SMARTS) is 1. The summed E-state index contributed by atoms with van der Waals surface area (Å²) in [5.41, 5.74) is 1.45. The minimum atomic E-state index is -3.92. The number of nitrogens with zero attached hydrogens (tertiary/aromatic N) is 7. The zero-order valence-electron chi connectivity index (χ0n) is 22.9. The van der Waals surface area contributed by atoms with E-state index in [4.69, 9.17) is 14.8 Å². The normalized spacial score (nSPS) is 14.5. The number of aromatic carboxylic acids is 1. The molecule has 2 N–H and O–H groups in total. The molecule has 0 radical (unpaired) electrons. The lowest BCUT2D eigenvalue weighted by atomic mass is 10.1. The van der Waals surface area contributed by atoms with Gasteiger partial charge in [-0.1, -0.05) is 13.3 Å². The lowest BCUT2D eigenvalue weighted by Gasteiger charge is -2.34. The first-order chi connectivity index (χ1) is 19.6. The van der Waals surface area contributed by atoms with Gasteiger partial charge in [0, 0.05) is 45.6 Å². The van der Waals surface area contributed by atoms with E-state index < -0.39 is 16.0 Å². The van der Waals surface area contributed by atoms with Gasteiger partial charge in [-0.25, -0.2) is 28.2 Å². The van der Waals surface area contributed by atoms with Gasteiger partial charge < -0.3 is 19.7 Å². The van der Waals surface area contributed by atoms with Crippen LogP contribution in [-0.4, -0.2) is 86.3 Å². The molecule has 0 atom stereocenters. The Labute approximate surface area is 235 Å². The third kappa shape index (κ3) is 5.37. The third-order valence-electron chi connectivity index (χ3n) is 6.80. The van der Waals surface area contributed by atoms with E-state index in [1.54, 1.807) is 18.0 Å². The van der Waals surface area contributed by atoms with Crippen LogP contribution in [0.4, 0.5) is 5.95 Å². The van der Waals surface area contributed by atoms with Crippen LogP contribution in [0.2, 0.25) is 0 Å². The summed E-state index contributed by atoms with van der Waals surface area (Å²) in [6.45, 7) is 5.14. The molecule has 216 valence electrons. The third-order valence-corrected chi connectivity index (χ3v) is 8.69. The smallest absolute Gasteiger partial charge is 0.338 e. The van der Waals surface area contributed by atoms with Gasteiger partial charge in [-0.15, -0.1) is 0 Å². The Kier molecular flexibility index (Phi) is 7.73. The van der Waals surface area contributed by atoms with Crippen molar-refractivity contribution in [1.82, 2.24) is 34.0 Å². The van der Waals surface area contributed by atoms with E-state index in [2.05, 4.69) is 20.1 Å². The number of aryl methyl sites for hydroxylation is 2. The van der Waals surface area contributed by atoms with Crippen molar-refractivity contribution in [2.45, 2.75) is 31.6 Å². The second kappa shape index (κ2) is 11.2. The maximum Gasteiger partial charge on any atom is 0.338 e. The average molecular weight is 583 g/mol. The molecule has 41 heavy (non-hydrogen) atoms. The molecule has 0 amide bonds. The number of ether oxygens (including phenoxy) is 1. The number of hydrogen-bond donors (Lipinski definition) is 2. The molecule has 1 aliphatic heterocycles. The highest BCUT2D eigenvalue weighted by Gasteiger charge is 2.30. The summed E-state index contributed by atoms with van der Waals surface area (Å²) in [5, 5.41) is 13.5. The van der Waals surface area contributed by atoms with Crippen molar-refractivity contribution < 1.29 is 23.1 Å². The molecule has 1 aromatic carbocycles. The number of piperazine rings is 1. The van der Waals surface area contributed by atoms with Crippen LogP contribution in [0.25, 0.3) is 22.4 Å². The number of aromatic nitrogens is 6. The first-order valence-corrected chi connectivity index (χ1v) is 14.6. The Morgan fingerprint density at radius 2 is 1.83 bits per heavy atom. The van der Waals surface area contributed by atoms with Crippen LogP contribution in [0.3, 0.4) is 0 Å². The number of carbonyl (C=O) groups is 1. The summed E-state index contributed by atoms with van der Waals surface area (Å²) in [6.07, 6.45) is 3.91. The molecule has 0 bridgehead atoms. The zero-order chi connectivity index (χ0) is 29.3. The van der Waals surface area contributed by atoms with Crippen molar-refractivity contribution in [3.63, 3.8) is 0 Å². The van der Waals surface area contributed by atoms with Crippen LogP contribution in [0.1, 0.15) is 36.3 Å². The molecule has 0 aliphatic carbocycles. The molecule has 4 heterocycles. The van der Waals surface area contributed by atoms with E-state index in [-0.39, 0.29) is 34.9 Å². The molecule has 15 heteroatoms. The highest BCUT2D eigenvalue weighted by atomic mass is 32.2. The Morgan fingerprint density at radius 1 is 1.12 bits per heavy atom. The Bertz CT molecular complexity index is 1760. The van der Waals surface area contributed by atoms with Gasteiger partial charge in [0.15, 0.2) is 5.52 Å². The van der Waals surface area contributed by atoms with Crippen molar-refractivity contribution in [2.75, 3.05) is 37.7 Å². The largest absolute Gasteiger partial charge is 0.493 e. The monoisotopic (exact) mass is 582 g/mol. The van der Waals surface area contributed by atoms with Crippen LogP contribution in [-0.2, 0) is 23.5 Å². The fourth-order valence-corrected chi connectivity index (χ4v) is 6.24. The first kappa shape index (κ1) is 28.2. The highest BCUT2D eigenvalue weighted by molar-refractivity contribution is 7.89. The number of rotatable bonds is 9. The molecular weight excluding hydrogens is 552 g/mol. The number of benzene rings is 1. The van der Waals surface area contributed by atoms with Crippen LogP contribution < -0.4 is 15.2 Å². The summed E-state index contributed by atoms with van der Waals surface area (Å²) in [6, 6.07) is 4.52. The van der Waals surface area contributed by atoms with Gasteiger partial charge in [-0.05, 0) is 31.5 Å². The molecule has 4 aromatic rings. The van der Waals surface area contributed by atoms with Gasteiger partial charge in [0.05, 0.1) is 28.3 Å². The molecule has 14 nitrogen and oxygen atoms in total. The molecule has 0 saturated carbocycles. The van der Waals surface area contributed by atoms with Crippen molar-refractivity contribution in [3.8, 4) is 17.1 Å². The van der Waals surface area contributed by atoms with Gasteiger partial charge in [0.2, 0.25) is 16.0 Å². The van der Waals surface area contributed by atoms with Gasteiger partial charge in [0.25, 0.3) is 5.56 Å². The van der Waals surface area contributed by atoms with Crippen LogP contribution in [0, 0.1) is 0 Å². The molecule has 0 unspecified atom stereocenters. The number of sulfonamides is 1. The predicted octanol–water partition coefficient (Wildman–Crippen LogP) is 1.67.